The van der Waals surface area contributed by atoms with Crippen molar-refractivity contribution in [1.29, 1.82) is 0 Å². The highest BCUT2D eigenvalue weighted by atomic mass is 16.1. The molecule has 0 fully saturated rings. The molecule has 0 saturated carbocycles. The summed E-state index contributed by atoms with van der Waals surface area (Å²) in [5.41, 5.74) is -0.103. The average Bonchev–Trinajstić information content (AvgIpc) is 2.29. The van der Waals surface area contributed by atoms with Crippen molar-refractivity contribution in [1.82, 2.24) is 15.0 Å². The topological polar surface area (TPSA) is 61.5 Å². The molecule has 2 aromatic heterocycles. The number of rotatable bonds is 0. The van der Waals surface area contributed by atoms with Crippen LogP contribution in [0.25, 0.3) is 11.0 Å². The Balaban J connectivity index is 2.98. The standard InChI is InChI=1S/C6H5N3O/c10-6-4-1-2-7-5(4)8-3-9-6/h1-3H,(H2,7,8,9,10)/i2T,3T. The van der Waals surface area contributed by atoms with Gasteiger partial charge in [-0.3, -0.25) is 4.79 Å². The van der Waals surface area contributed by atoms with Gasteiger partial charge in [0.2, 0.25) is 0 Å². The zero-order valence-electron chi connectivity index (χ0n) is 6.93. The Kier molecular flexibility index (Phi) is 0.604. The van der Waals surface area contributed by atoms with Crippen molar-refractivity contribution < 1.29 is 2.74 Å². The molecule has 0 bridgehead atoms. The lowest BCUT2D eigenvalue weighted by atomic mass is 10.4. The zero-order chi connectivity index (χ0) is 8.72. The fourth-order valence-electron chi connectivity index (χ4n) is 0.776. The molecule has 50 valence electrons. The highest BCUT2D eigenvalue weighted by molar-refractivity contribution is 5.73. The van der Waals surface area contributed by atoms with Crippen molar-refractivity contribution in [3.63, 3.8) is 0 Å². The minimum atomic E-state index is -0.389. The summed E-state index contributed by atoms with van der Waals surface area (Å²) in [4.78, 5) is 19.6. The fourth-order valence-corrected chi connectivity index (χ4v) is 0.776. The average molecular weight is 139 g/mol. The first kappa shape index (κ1) is 3.55. The molecule has 4 nitrogen and oxygen atoms in total. The molecular formula is C6H5N3O. The van der Waals surface area contributed by atoms with E-state index in [0.29, 0.717) is 5.39 Å². The summed E-state index contributed by atoms with van der Waals surface area (Å²) >= 11 is 0. The number of H-pyrrole nitrogens is 2. The number of hydrogen-bond acceptors (Lipinski definition) is 2. The summed E-state index contributed by atoms with van der Waals surface area (Å²) in [5, 5.41) is 0.316. The van der Waals surface area contributed by atoms with E-state index in [0.717, 1.165) is 0 Å². The minimum absolute atomic E-state index is 0.119. The van der Waals surface area contributed by atoms with Gasteiger partial charge in [0.25, 0.3) is 5.56 Å². The third-order valence-electron chi connectivity index (χ3n) is 1.24. The van der Waals surface area contributed by atoms with Gasteiger partial charge in [0.1, 0.15) is 7.02 Å². The fraction of sp³-hybridized carbons (Fsp3) is 0. The van der Waals surface area contributed by atoms with Gasteiger partial charge in [-0.25, -0.2) is 4.98 Å². The molecule has 10 heavy (non-hydrogen) atoms. The molecule has 0 unspecified atom stereocenters. The number of fused-ring (bicyclic) bond motifs is 1. The highest BCUT2D eigenvalue weighted by Gasteiger charge is 1.96. The number of aromatic nitrogens is 3. The third-order valence-corrected chi connectivity index (χ3v) is 1.24. The van der Waals surface area contributed by atoms with E-state index in [1.165, 1.54) is 6.07 Å². The molecule has 0 aliphatic carbocycles. The van der Waals surface area contributed by atoms with Gasteiger partial charge in [-0.2, -0.15) is 0 Å². The van der Waals surface area contributed by atoms with Crippen LogP contribution in [0.2, 0.25) is 0 Å². The molecule has 0 aromatic carbocycles. The molecule has 0 aliphatic heterocycles. The molecule has 0 spiro atoms. The number of hydrogen-bond donors (Lipinski definition) is 2. The second kappa shape index (κ2) is 1.70. The van der Waals surface area contributed by atoms with Crippen LogP contribution in [0.4, 0.5) is 0 Å². The first-order valence-electron chi connectivity index (χ1n) is 3.73. The molecule has 0 aliphatic rings. The molecule has 0 radical (unpaired) electrons. The second-order valence-corrected chi connectivity index (χ2v) is 1.85. The van der Waals surface area contributed by atoms with Crippen LogP contribution in [-0.2, 0) is 0 Å². The normalized spacial score (nSPS) is 13.2. The van der Waals surface area contributed by atoms with E-state index in [1.807, 2.05) is 0 Å². The van der Waals surface area contributed by atoms with Gasteiger partial charge in [0, 0.05) is 6.17 Å². The molecule has 0 atom stereocenters. The largest absolute Gasteiger partial charge is 0.346 e. The lowest BCUT2D eigenvalue weighted by molar-refractivity contribution is 1.16. The first-order chi connectivity index (χ1) is 5.66. The molecule has 2 heterocycles. The van der Waals surface area contributed by atoms with E-state index in [2.05, 4.69) is 15.0 Å². The number of nitrogens with zero attached hydrogens (tertiary/aromatic N) is 1. The predicted octanol–water partition coefficient (Wildman–Crippen LogP) is 0.251. The van der Waals surface area contributed by atoms with Crippen LogP contribution in [0.3, 0.4) is 0 Å². The summed E-state index contributed by atoms with van der Waals surface area (Å²) in [5.74, 6) is 0. The van der Waals surface area contributed by atoms with Crippen LogP contribution >= 0.6 is 0 Å². The van der Waals surface area contributed by atoms with Crippen molar-refractivity contribution in [3.05, 3.63) is 28.9 Å². The van der Waals surface area contributed by atoms with E-state index < -0.39 is 0 Å². The lowest BCUT2D eigenvalue weighted by Gasteiger charge is -1.83. The van der Waals surface area contributed by atoms with Gasteiger partial charge >= 0.3 is 0 Å². The molecule has 2 aromatic rings. The summed E-state index contributed by atoms with van der Waals surface area (Å²) < 4.78 is 14.3. The monoisotopic (exact) mass is 139 g/mol. The van der Waals surface area contributed by atoms with E-state index in [-0.39, 0.29) is 23.7 Å². The van der Waals surface area contributed by atoms with Gasteiger partial charge in [0.15, 0.2) is 0 Å². The van der Waals surface area contributed by atoms with Crippen LogP contribution in [0.1, 0.15) is 2.74 Å². The van der Waals surface area contributed by atoms with Crippen LogP contribution in [0.15, 0.2) is 23.3 Å². The Labute approximate surface area is 58.7 Å². The molecule has 4 heteroatoms. The number of aromatic amines is 2. The second-order valence-electron chi connectivity index (χ2n) is 1.85. The Bertz CT molecular complexity index is 487. The maximum absolute atomic E-state index is 11.1. The zero-order valence-corrected chi connectivity index (χ0v) is 4.93. The van der Waals surface area contributed by atoms with Crippen molar-refractivity contribution in [3.8, 4) is 0 Å². The molecule has 0 saturated heterocycles. The predicted molar refractivity (Wildman–Crippen MR) is 36.7 cm³/mol. The van der Waals surface area contributed by atoms with Gasteiger partial charge in [0.05, 0.1) is 13.1 Å². The van der Waals surface area contributed by atoms with Crippen molar-refractivity contribution in [2.45, 2.75) is 0 Å². The Morgan fingerprint density at radius 2 is 2.50 bits per heavy atom. The summed E-state index contributed by atoms with van der Waals surface area (Å²) in [6.45, 7) is 0. The highest BCUT2D eigenvalue weighted by Crippen LogP contribution is 1.99. The van der Waals surface area contributed by atoms with E-state index in [9.17, 15) is 4.79 Å². The lowest BCUT2D eigenvalue weighted by Crippen LogP contribution is -2.04. The van der Waals surface area contributed by atoms with Crippen molar-refractivity contribution >= 4 is 11.0 Å². The SMILES string of the molecule is [3H]c1cc2c(=O)[nH]c([3H])nc2[nH]1. The molecule has 0 amide bonds. The van der Waals surface area contributed by atoms with E-state index >= 15 is 0 Å². The van der Waals surface area contributed by atoms with Crippen LogP contribution in [0.5, 0.6) is 0 Å². The molecule has 2 rings (SSSR count). The Morgan fingerprint density at radius 3 is 3.40 bits per heavy atom. The van der Waals surface area contributed by atoms with E-state index in [4.69, 9.17) is 2.74 Å². The maximum Gasteiger partial charge on any atom is 0.260 e. The van der Waals surface area contributed by atoms with Crippen molar-refractivity contribution in [2.75, 3.05) is 0 Å². The number of nitrogens with one attached hydrogen (secondary N) is 2. The van der Waals surface area contributed by atoms with Crippen LogP contribution < -0.4 is 5.56 Å². The van der Waals surface area contributed by atoms with Crippen LogP contribution in [-0.4, -0.2) is 15.0 Å². The summed E-state index contributed by atoms with van der Waals surface area (Å²) in [7, 11) is 0. The quantitative estimate of drug-likeness (QED) is 0.549. The Hall–Kier alpha value is -1.58. The Morgan fingerprint density at radius 1 is 1.60 bits per heavy atom. The summed E-state index contributed by atoms with van der Waals surface area (Å²) in [6.07, 6.45) is -0.0806. The molecular weight excluding hydrogens is 130 g/mol. The van der Waals surface area contributed by atoms with Crippen molar-refractivity contribution in [2.24, 2.45) is 0 Å². The van der Waals surface area contributed by atoms with Crippen LogP contribution in [0, 0.1) is 0 Å². The van der Waals surface area contributed by atoms with E-state index in [1.54, 1.807) is 0 Å². The smallest absolute Gasteiger partial charge is 0.260 e. The van der Waals surface area contributed by atoms with Gasteiger partial charge in [-0.15, -0.1) is 0 Å². The first-order valence-corrected chi connectivity index (χ1v) is 2.73. The summed E-state index contributed by atoms with van der Waals surface area (Å²) in [6, 6.07) is 1.38. The van der Waals surface area contributed by atoms with Gasteiger partial charge in [-0.1, -0.05) is 0 Å². The molecule has 2 N–H and O–H groups in total. The minimum Gasteiger partial charge on any atom is -0.346 e. The van der Waals surface area contributed by atoms with Gasteiger partial charge < -0.3 is 9.97 Å². The maximum atomic E-state index is 11.1. The third kappa shape index (κ3) is 0.556. The van der Waals surface area contributed by atoms with Gasteiger partial charge in [-0.05, 0) is 6.07 Å².